The van der Waals surface area contributed by atoms with Gasteiger partial charge in [-0.2, -0.15) is 26.3 Å². The first-order valence-electron chi connectivity index (χ1n) is 5.58. The predicted molar refractivity (Wildman–Crippen MR) is 55.8 cm³/mol. The minimum Gasteiger partial charge on any atom is -0.388 e. The lowest BCUT2D eigenvalue weighted by atomic mass is 9.65. The summed E-state index contributed by atoms with van der Waals surface area (Å²) in [5.41, 5.74) is -4.33. The molecule has 112 valence electrons. The first-order chi connectivity index (χ1) is 8.99. The van der Waals surface area contributed by atoms with Gasteiger partial charge in [-0.3, -0.25) is 0 Å². The molecule has 1 atom stereocenters. The zero-order chi connectivity index (χ0) is 15.4. The van der Waals surface area contributed by atoms with Gasteiger partial charge in [-0.1, -0.05) is 30.3 Å². The predicted octanol–water partition coefficient (Wildman–Crippen LogP) is 2.76. The second-order valence-electron chi connectivity index (χ2n) is 4.71. The zero-order valence-electron chi connectivity index (χ0n) is 9.83. The maximum Gasteiger partial charge on any atom is 0.378 e. The van der Waals surface area contributed by atoms with Crippen LogP contribution in [0.3, 0.4) is 0 Å². The van der Waals surface area contributed by atoms with Gasteiger partial charge in [-0.15, -0.1) is 0 Å². The molecule has 2 N–H and O–H groups in total. The summed E-state index contributed by atoms with van der Waals surface area (Å²) < 4.78 is 78.0. The van der Waals surface area contributed by atoms with Gasteiger partial charge in [0.25, 0.3) is 0 Å². The Morgan fingerprint density at radius 2 is 1.30 bits per heavy atom. The van der Waals surface area contributed by atoms with E-state index in [0.717, 1.165) is 0 Å². The van der Waals surface area contributed by atoms with E-state index in [2.05, 4.69) is 0 Å². The van der Waals surface area contributed by atoms with E-state index in [0.29, 0.717) is 0 Å². The third-order valence-corrected chi connectivity index (χ3v) is 3.50. The number of aliphatic hydroxyl groups excluding tert-OH is 1. The number of hydrogen-bond donors (Lipinski definition) is 2. The molecule has 0 bridgehead atoms. The first kappa shape index (κ1) is 15.1. The van der Waals surface area contributed by atoms with Crippen LogP contribution in [0.2, 0.25) is 0 Å². The Hall–Kier alpha value is -1.28. The maximum atomic E-state index is 13.1. The third kappa shape index (κ3) is 1.54. The molecular formula is C12H10F6O2. The van der Waals surface area contributed by atoms with Crippen molar-refractivity contribution >= 4 is 0 Å². The minimum atomic E-state index is -5.65. The Bertz CT molecular complexity index is 484. The van der Waals surface area contributed by atoms with Crippen molar-refractivity contribution in [3.8, 4) is 0 Å². The molecule has 1 aromatic carbocycles. The lowest BCUT2D eigenvalue weighted by Gasteiger charge is -2.56. The molecule has 1 aliphatic carbocycles. The average molecular weight is 300 g/mol. The molecule has 0 radical (unpaired) electrons. The monoisotopic (exact) mass is 300 g/mol. The van der Waals surface area contributed by atoms with E-state index in [9.17, 15) is 36.6 Å². The van der Waals surface area contributed by atoms with E-state index < -0.39 is 35.9 Å². The summed E-state index contributed by atoms with van der Waals surface area (Å²) in [6, 6.07) is 6.79. The summed E-state index contributed by atoms with van der Waals surface area (Å²) in [6.45, 7) is 0. The van der Waals surface area contributed by atoms with Gasteiger partial charge in [0, 0.05) is 6.42 Å². The zero-order valence-corrected chi connectivity index (χ0v) is 9.83. The molecule has 0 aliphatic heterocycles. The molecule has 1 unspecified atom stereocenters. The summed E-state index contributed by atoms with van der Waals surface area (Å²) in [6.07, 6.45) is -3.53. The fourth-order valence-electron chi connectivity index (χ4n) is 2.18. The number of benzene rings is 1. The molecule has 2 rings (SSSR count). The molecule has 0 amide bonds. The Morgan fingerprint density at radius 1 is 0.850 bits per heavy atom. The van der Waals surface area contributed by atoms with Gasteiger partial charge in [0.2, 0.25) is 5.60 Å². The van der Waals surface area contributed by atoms with Gasteiger partial charge in [-0.05, 0) is 5.56 Å². The van der Waals surface area contributed by atoms with Crippen LogP contribution in [0.5, 0.6) is 0 Å². The Balaban J connectivity index is 2.29. The van der Waals surface area contributed by atoms with Gasteiger partial charge in [0.15, 0.2) is 0 Å². The van der Waals surface area contributed by atoms with Crippen LogP contribution in [0.4, 0.5) is 26.3 Å². The Kier molecular flexibility index (Phi) is 3.11. The van der Waals surface area contributed by atoms with Crippen LogP contribution in [0.25, 0.3) is 0 Å². The van der Waals surface area contributed by atoms with Gasteiger partial charge >= 0.3 is 17.8 Å². The van der Waals surface area contributed by atoms with Crippen molar-refractivity contribution in [1.82, 2.24) is 0 Å². The second-order valence-corrected chi connectivity index (χ2v) is 4.71. The highest BCUT2D eigenvalue weighted by molar-refractivity contribution is 5.29. The number of rotatable bonds is 3. The van der Waals surface area contributed by atoms with Crippen LogP contribution in [-0.4, -0.2) is 33.6 Å². The van der Waals surface area contributed by atoms with E-state index in [1.54, 1.807) is 0 Å². The first-order valence-corrected chi connectivity index (χ1v) is 5.58. The number of aliphatic hydroxyl groups is 2. The molecule has 1 saturated carbocycles. The fraction of sp³-hybridized carbons (Fsp3) is 0.500. The molecule has 20 heavy (non-hydrogen) atoms. The van der Waals surface area contributed by atoms with E-state index in [1.807, 2.05) is 0 Å². The van der Waals surface area contributed by atoms with E-state index in [1.165, 1.54) is 30.3 Å². The Morgan fingerprint density at radius 3 is 1.75 bits per heavy atom. The lowest BCUT2D eigenvalue weighted by molar-refractivity contribution is -0.493. The van der Waals surface area contributed by atoms with Crippen LogP contribution in [0, 0.1) is 0 Å². The maximum absolute atomic E-state index is 13.1. The van der Waals surface area contributed by atoms with E-state index in [4.69, 9.17) is 0 Å². The smallest absolute Gasteiger partial charge is 0.378 e. The van der Waals surface area contributed by atoms with E-state index >= 15 is 0 Å². The molecule has 1 fully saturated rings. The van der Waals surface area contributed by atoms with Crippen LogP contribution < -0.4 is 0 Å². The summed E-state index contributed by atoms with van der Waals surface area (Å²) >= 11 is 0. The van der Waals surface area contributed by atoms with Crippen LogP contribution >= 0.6 is 0 Å². The van der Waals surface area contributed by atoms with Crippen molar-refractivity contribution in [2.24, 2.45) is 0 Å². The molecule has 8 heteroatoms. The van der Waals surface area contributed by atoms with Gasteiger partial charge < -0.3 is 10.2 Å². The van der Waals surface area contributed by atoms with Gasteiger partial charge in [-0.25, -0.2) is 0 Å². The Labute approximate surface area is 109 Å². The van der Waals surface area contributed by atoms with Gasteiger partial charge in [0.05, 0.1) is 6.10 Å². The largest absolute Gasteiger partial charge is 0.388 e. The number of alkyl halides is 6. The highest BCUT2D eigenvalue weighted by atomic mass is 19.4. The minimum absolute atomic E-state index is 0.0391. The normalized spacial score (nSPS) is 26.6. The molecule has 1 aromatic rings. The number of halogens is 6. The SMILES string of the molecule is OC(CC1(O)C(F)(F)C(F)(F)C1(F)F)c1ccccc1. The number of hydrogen-bond acceptors (Lipinski definition) is 2. The lowest BCUT2D eigenvalue weighted by Crippen LogP contribution is -2.86. The van der Waals surface area contributed by atoms with Crippen LogP contribution in [0.1, 0.15) is 18.1 Å². The highest BCUT2D eigenvalue weighted by Crippen LogP contribution is 2.68. The molecule has 0 aromatic heterocycles. The second kappa shape index (κ2) is 4.11. The third-order valence-electron chi connectivity index (χ3n) is 3.50. The topological polar surface area (TPSA) is 40.5 Å². The standard InChI is InChI=1S/C12H10F6O2/c13-10(14)9(20,11(15,16)12(10,17)18)6-8(19)7-4-2-1-3-5-7/h1-5,8,19-20H,6H2. The highest BCUT2D eigenvalue weighted by Gasteiger charge is 2.98. The van der Waals surface area contributed by atoms with Crippen molar-refractivity contribution in [1.29, 1.82) is 0 Å². The molecule has 0 heterocycles. The van der Waals surface area contributed by atoms with Crippen molar-refractivity contribution < 1.29 is 36.6 Å². The molecular weight excluding hydrogens is 290 g/mol. The van der Waals surface area contributed by atoms with E-state index in [-0.39, 0.29) is 5.56 Å². The fourth-order valence-corrected chi connectivity index (χ4v) is 2.18. The van der Waals surface area contributed by atoms with Crippen molar-refractivity contribution in [3.05, 3.63) is 35.9 Å². The molecule has 0 saturated heterocycles. The van der Waals surface area contributed by atoms with Crippen LogP contribution in [-0.2, 0) is 0 Å². The van der Waals surface area contributed by atoms with Crippen molar-refractivity contribution in [3.63, 3.8) is 0 Å². The van der Waals surface area contributed by atoms with Crippen molar-refractivity contribution in [2.75, 3.05) is 0 Å². The van der Waals surface area contributed by atoms with Gasteiger partial charge in [0.1, 0.15) is 0 Å². The summed E-state index contributed by atoms with van der Waals surface area (Å²) in [7, 11) is 0. The molecule has 0 spiro atoms. The summed E-state index contributed by atoms with van der Waals surface area (Å²) in [5, 5.41) is 18.9. The molecule has 1 aliphatic rings. The quantitative estimate of drug-likeness (QED) is 0.843. The average Bonchev–Trinajstić information content (AvgIpc) is 2.38. The van der Waals surface area contributed by atoms with Crippen molar-refractivity contribution in [2.45, 2.75) is 35.9 Å². The summed E-state index contributed by atoms with van der Waals surface area (Å²) in [5.74, 6) is -16.3. The molecule has 2 nitrogen and oxygen atoms in total. The van der Waals surface area contributed by atoms with Crippen LogP contribution in [0.15, 0.2) is 30.3 Å². The summed E-state index contributed by atoms with van der Waals surface area (Å²) in [4.78, 5) is 0.